The highest BCUT2D eigenvalue weighted by molar-refractivity contribution is 7.98. The van der Waals surface area contributed by atoms with Crippen LogP contribution in [0.3, 0.4) is 0 Å². The minimum atomic E-state index is -0.644. The number of nitrogens with zero attached hydrogens (tertiary/aromatic N) is 1. The molecule has 2 rings (SSSR count). The van der Waals surface area contributed by atoms with E-state index in [1.54, 1.807) is 60.6 Å². The third-order valence-corrected chi connectivity index (χ3v) is 4.27. The van der Waals surface area contributed by atoms with E-state index in [2.05, 4.69) is 15.6 Å². The number of hydrogen-bond acceptors (Lipinski definition) is 4. The zero-order valence-corrected chi connectivity index (χ0v) is 14.7. The monoisotopic (exact) mass is 363 g/mol. The van der Waals surface area contributed by atoms with Crippen LogP contribution in [-0.2, 0) is 4.79 Å². The standard InChI is InChI=1S/C17H18ClN3O2S/c1-24-11-8-15(17(23)20-12-6-9-19-10-7-12)21-16(22)13-4-2-3-5-14(13)18/h2-7,9-10,15H,8,11H2,1H3,(H,21,22)(H,19,20,23)/t15-/m0/s1. The van der Waals surface area contributed by atoms with E-state index in [9.17, 15) is 9.59 Å². The third kappa shape index (κ3) is 5.25. The third-order valence-electron chi connectivity index (χ3n) is 3.30. The average Bonchev–Trinajstić information content (AvgIpc) is 2.59. The highest BCUT2D eigenvalue weighted by Gasteiger charge is 2.22. The predicted octanol–water partition coefficient (Wildman–Crippen LogP) is 3.23. The van der Waals surface area contributed by atoms with Gasteiger partial charge in [-0.3, -0.25) is 14.6 Å². The Hall–Kier alpha value is -2.05. The molecule has 0 fully saturated rings. The fourth-order valence-electron chi connectivity index (χ4n) is 2.05. The minimum absolute atomic E-state index is 0.268. The average molecular weight is 364 g/mol. The Labute approximate surface area is 150 Å². The molecule has 0 saturated carbocycles. The van der Waals surface area contributed by atoms with Crippen LogP contribution in [-0.4, -0.2) is 34.8 Å². The van der Waals surface area contributed by atoms with E-state index in [-0.39, 0.29) is 11.8 Å². The first-order valence-electron chi connectivity index (χ1n) is 7.37. The molecule has 0 aliphatic heterocycles. The van der Waals surface area contributed by atoms with Crippen molar-refractivity contribution in [3.8, 4) is 0 Å². The van der Waals surface area contributed by atoms with E-state index in [1.807, 2.05) is 6.26 Å². The van der Waals surface area contributed by atoms with E-state index < -0.39 is 6.04 Å². The molecule has 1 atom stereocenters. The van der Waals surface area contributed by atoms with Crippen molar-refractivity contribution in [1.29, 1.82) is 0 Å². The van der Waals surface area contributed by atoms with Gasteiger partial charge in [-0.1, -0.05) is 23.7 Å². The number of pyridine rings is 1. The molecule has 5 nitrogen and oxygen atoms in total. The number of amides is 2. The Balaban J connectivity index is 2.08. The summed E-state index contributed by atoms with van der Waals surface area (Å²) >= 11 is 7.66. The van der Waals surface area contributed by atoms with Gasteiger partial charge in [0.05, 0.1) is 10.6 Å². The molecule has 0 bridgehead atoms. The molecule has 0 spiro atoms. The fraction of sp³-hybridized carbons (Fsp3) is 0.235. The zero-order chi connectivity index (χ0) is 17.4. The van der Waals surface area contributed by atoms with Crippen molar-refractivity contribution in [2.45, 2.75) is 12.5 Å². The molecule has 1 heterocycles. The quantitative estimate of drug-likeness (QED) is 0.792. The number of aromatic nitrogens is 1. The van der Waals surface area contributed by atoms with Gasteiger partial charge in [0, 0.05) is 18.1 Å². The second-order valence-electron chi connectivity index (χ2n) is 5.01. The summed E-state index contributed by atoms with van der Waals surface area (Å²) in [5, 5.41) is 5.91. The second kappa shape index (κ2) is 9.30. The molecular weight excluding hydrogens is 346 g/mol. The van der Waals surface area contributed by atoms with Gasteiger partial charge in [0.25, 0.3) is 5.91 Å². The van der Waals surface area contributed by atoms with Crippen molar-refractivity contribution in [1.82, 2.24) is 10.3 Å². The minimum Gasteiger partial charge on any atom is -0.340 e. The van der Waals surface area contributed by atoms with Crippen molar-refractivity contribution in [2.75, 3.05) is 17.3 Å². The van der Waals surface area contributed by atoms with Gasteiger partial charge in [-0.2, -0.15) is 11.8 Å². The smallest absolute Gasteiger partial charge is 0.253 e. The topological polar surface area (TPSA) is 71.1 Å². The van der Waals surface area contributed by atoms with Crippen LogP contribution in [0.4, 0.5) is 5.69 Å². The van der Waals surface area contributed by atoms with Gasteiger partial charge in [-0.05, 0) is 42.7 Å². The lowest BCUT2D eigenvalue weighted by Crippen LogP contribution is -2.44. The lowest BCUT2D eigenvalue weighted by molar-refractivity contribution is -0.118. The molecule has 0 aliphatic rings. The molecule has 0 aliphatic carbocycles. The van der Waals surface area contributed by atoms with E-state index in [4.69, 9.17) is 11.6 Å². The summed E-state index contributed by atoms with van der Waals surface area (Å²) in [6, 6.07) is 9.50. The van der Waals surface area contributed by atoms with Crippen molar-refractivity contribution in [3.63, 3.8) is 0 Å². The molecule has 126 valence electrons. The zero-order valence-electron chi connectivity index (χ0n) is 13.2. The van der Waals surface area contributed by atoms with Crippen LogP contribution in [0, 0.1) is 0 Å². The van der Waals surface area contributed by atoms with Crippen LogP contribution in [0.25, 0.3) is 0 Å². The largest absolute Gasteiger partial charge is 0.340 e. The summed E-state index contributed by atoms with van der Waals surface area (Å²) in [7, 11) is 0. The van der Waals surface area contributed by atoms with Crippen molar-refractivity contribution < 1.29 is 9.59 Å². The van der Waals surface area contributed by atoms with Gasteiger partial charge in [-0.15, -0.1) is 0 Å². The number of anilines is 1. The van der Waals surface area contributed by atoms with E-state index >= 15 is 0 Å². The molecule has 2 N–H and O–H groups in total. The number of hydrogen-bond donors (Lipinski definition) is 2. The normalized spacial score (nSPS) is 11.6. The van der Waals surface area contributed by atoms with Gasteiger partial charge >= 0.3 is 0 Å². The number of rotatable bonds is 7. The Morgan fingerprint density at radius 3 is 2.58 bits per heavy atom. The van der Waals surface area contributed by atoms with Gasteiger partial charge in [0.1, 0.15) is 6.04 Å². The van der Waals surface area contributed by atoms with Crippen molar-refractivity contribution in [3.05, 3.63) is 59.4 Å². The van der Waals surface area contributed by atoms with Crippen LogP contribution in [0.15, 0.2) is 48.8 Å². The predicted molar refractivity (Wildman–Crippen MR) is 98.6 cm³/mol. The van der Waals surface area contributed by atoms with Crippen LogP contribution in [0.5, 0.6) is 0 Å². The Morgan fingerprint density at radius 1 is 1.21 bits per heavy atom. The van der Waals surface area contributed by atoms with E-state index in [1.165, 1.54) is 0 Å². The first-order chi connectivity index (χ1) is 11.6. The Bertz CT molecular complexity index is 697. The SMILES string of the molecule is CSCC[C@H](NC(=O)c1ccccc1Cl)C(=O)Nc1ccncc1. The maximum atomic E-state index is 12.5. The lowest BCUT2D eigenvalue weighted by Gasteiger charge is -2.18. The van der Waals surface area contributed by atoms with Crippen molar-refractivity contribution >= 4 is 40.9 Å². The molecule has 24 heavy (non-hydrogen) atoms. The van der Waals surface area contributed by atoms with Crippen LogP contribution >= 0.6 is 23.4 Å². The van der Waals surface area contributed by atoms with Crippen molar-refractivity contribution in [2.24, 2.45) is 0 Å². The highest BCUT2D eigenvalue weighted by atomic mass is 35.5. The molecule has 2 aromatic rings. The molecular formula is C17H18ClN3O2S. The fourth-order valence-corrected chi connectivity index (χ4v) is 2.74. The first kappa shape index (κ1) is 18.3. The molecule has 0 saturated heterocycles. The summed E-state index contributed by atoms with van der Waals surface area (Å²) in [5.41, 5.74) is 0.987. The summed E-state index contributed by atoms with van der Waals surface area (Å²) in [4.78, 5) is 28.8. The van der Waals surface area contributed by atoms with Crippen LogP contribution in [0.2, 0.25) is 5.02 Å². The maximum absolute atomic E-state index is 12.5. The number of benzene rings is 1. The first-order valence-corrected chi connectivity index (χ1v) is 9.14. The van der Waals surface area contributed by atoms with Gasteiger partial charge in [0.15, 0.2) is 0 Å². The highest BCUT2D eigenvalue weighted by Crippen LogP contribution is 2.15. The maximum Gasteiger partial charge on any atom is 0.253 e. The van der Waals surface area contributed by atoms with E-state index in [0.29, 0.717) is 22.7 Å². The van der Waals surface area contributed by atoms with Gasteiger partial charge in [-0.25, -0.2) is 0 Å². The number of carbonyl (C=O) groups excluding carboxylic acids is 2. The number of nitrogens with one attached hydrogen (secondary N) is 2. The number of carbonyl (C=O) groups is 2. The number of thioether (sulfide) groups is 1. The van der Waals surface area contributed by atoms with Crippen LogP contribution < -0.4 is 10.6 Å². The molecule has 0 unspecified atom stereocenters. The summed E-state index contributed by atoms with van der Waals surface area (Å²) in [5.74, 6) is 0.115. The Morgan fingerprint density at radius 2 is 1.92 bits per heavy atom. The van der Waals surface area contributed by atoms with Gasteiger partial charge in [0.2, 0.25) is 5.91 Å². The Kier molecular flexibility index (Phi) is 7.08. The molecule has 1 aromatic heterocycles. The molecule has 2 amide bonds. The van der Waals surface area contributed by atoms with Crippen LogP contribution in [0.1, 0.15) is 16.8 Å². The molecule has 7 heteroatoms. The summed E-state index contributed by atoms with van der Waals surface area (Å²) in [6.07, 6.45) is 5.66. The van der Waals surface area contributed by atoms with E-state index in [0.717, 1.165) is 5.75 Å². The second-order valence-corrected chi connectivity index (χ2v) is 6.41. The number of halogens is 1. The van der Waals surface area contributed by atoms with Gasteiger partial charge < -0.3 is 10.6 Å². The summed E-state index contributed by atoms with van der Waals surface area (Å²) in [6.45, 7) is 0. The summed E-state index contributed by atoms with van der Waals surface area (Å²) < 4.78 is 0. The molecule has 1 aromatic carbocycles. The molecule has 0 radical (unpaired) electrons. The lowest BCUT2D eigenvalue weighted by atomic mass is 10.1.